The standard InChI is InChI=1S/C19H29N3O/c1-2-8-20-18(4-1)13-21-9-3-6-19(15-21)7-10-22(16-19)12-17-5-11-23-14-17/h1-2,4,8,17H,3,5-7,9-16H2/t17-,19+/m1/s1. The molecule has 4 nitrogen and oxygen atoms in total. The summed E-state index contributed by atoms with van der Waals surface area (Å²) in [6.07, 6.45) is 7.29. The molecular weight excluding hydrogens is 286 g/mol. The minimum atomic E-state index is 0.534. The Labute approximate surface area is 139 Å². The van der Waals surface area contributed by atoms with Gasteiger partial charge in [0.15, 0.2) is 0 Å². The van der Waals surface area contributed by atoms with Crippen LogP contribution in [0.1, 0.15) is 31.4 Å². The average Bonchev–Trinajstić information content (AvgIpc) is 3.20. The van der Waals surface area contributed by atoms with Crippen LogP contribution in [0.25, 0.3) is 0 Å². The van der Waals surface area contributed by atoms with Gasteiger partial charge in [0, 0.05) is 39.0 Å². The van der Waals surface area contributed by atoms with Crippen molar-refractivity contribution in [1.82, 2.24) is 14.8 Å². The van der Waals surface area contributed by atoms with Crippen LogP contribution in [0.4, 0.5) is 0 Å². The fourth-order valence-corrected chi connectivity index (χ4v) is 4.77. The lowest BCUT2D eigenvalue weighted by molar-refractivity contribution is 0.0838. The summed E-state index contributed by atoms with van der Waals surface area (Å²) < 4.78 is 5.55. The quantitative estimate of drug-likeness (QED) is 0.853. The fraction of sp³-hybridized carbons (Fsp3) is 0.737. The van der Waals surface area contributed by atoms with E-state index >= 15 is 0 Å². The van der Waals surface area contributed by atoms with Crippen LogP contribution in [-0.4, -0.2) is 60.7 Å². The van der Waals surface area contributed by atoms with Crippen LogP contribution in [0.3, 0.4) is 0 Å². The number of pyridine rings is 1. The minimum absolute atomic E-state index is 0.534. The molecule has 4 rings (SSSR count). The third-order valence-corrected chi connectivity index (χ3v) is 5.91. The Balaban J connectivity index is 1.33. The Hall–Kier alpha value is -0.970. The number of piperidine rings is 1. The van der Waals surface area contributed by atoms with Crippen molar-refractivity contribution in [2.75, 3.05) is 45.9 Å². The Kier molecular flexibility index (Phi) is 4.65. The average molecular weight is 315 g/mol. The van der Waals surface area contributed by atoms with Crippen LogP contribution >= 0.6 is 0 Å². The van der Waals surface area contributed by atoms with E-state index in [9.17, 15) is 0 Å². The first-order valence-corrected chi connectivity index (χ1v) is 9.24. The summed E-state index contributed by atoms with van der Waals surface area (Å²) in [5, 5.41) is 0. The molecule has 1 aromatic rings. The van der Waals surface area contributed by atoms with E-state index < -0.39 is 0 Å². The van der Waals surface area contributed by atoms with Crippen LogP contribution in [-0.2, 0) is 11.3 Å². The first kappa shape index (κ1) is 15.6. The first-order valence-electron chi connectivity index (χ1n) is 9.24. The van der Waals surface area contributed by atoms with Gasteiger partial charge < -0.3 is 9.64 Å². The van der Waals surface area contributed by atoms with Gasteiger partial charge in [-0.1, -0.05) is 6.07 Å². The Bertz CT molecular complexity index is 503. The highest BCUT2D eigenvalue weighted by molar-refractivity contribution is 5.04. The van der Waals surface area contributed by atoms with E-state index in [2.05, 4.69) is 26.9 Å². The number of nitrogens with zero attached hydrogens (tertiary/aromatic N) is 3. The molecule has 0 amide bonds. The number of hydrogen-bond donors (Lipinski definition) is 0. The topological polar surface area (TPSA) is 28.6 Å². The normalized spacial score (nSPS) is 32.8. The molecule has 2 atom stereocenters. The number of ether oxygens (including phenoxy) is 1. The van der Waals surface area contributed by atoms with Crippen molar-refractivity contribution in [2.24, 2.45) is 11.3 Å². The maximum Gasteiger partial charge on any atom is 0.0543 e. The molecule has 4 heteroatoms. The second kappa shape index (κ2) is 6.88. The van der Waals surface area contributed by atoms with Crippen LogP contribution < -0.4 is 0 Å². The van der Waals surface area contributed by atoms with Gasteiger partial charge in [-0.3, -0.25) is 9.88 Å². The zero-order chi connectivity index (χ0) is 15.5. The van der Waals surface area contributed by atoms with Gasteiger partial charge in [0.25, 0.3) is 0 Å². The smallest absolute Gasteiger partial charge is 0.0543 e. The molecule has 23 heavy (non-hydrogen) atoms. The molecule has 0 aliphatic carbocycles. The molecule has 0 unspecified atom stereocenters. The maximum atomic E-state index is 5.55. The van der Waals surface area contributed by atoms with Crippen LogP contribution in [0.15, 0.2) is 24.4 Å². The molecule has 3 fully saturated rings. The van der Waals surface area contributed by atoms with E-state index in [1.165, 1.54) is 64.1 Å². The van der Waals surface area contributed by atoms with Gasteiger partial charge in [0.2, 0.25) is 0 Å². The molecule has 3 saturated heterocycles. The third kappa shape index (κ3) is 3.76. The molecule has 1 spiro atoms. The summed E-state index contributed by atoms with van der Waals surface area (Å²) in [7, 11) is 0. The van der Waals surface area contributed by atoms with Crippen LogP contribution in [0.5, 0.6) is 0 Å². The van der Waals surface area contributed by atoms with Gasteiger partial charge >= 0.3 is 0 Å². The van der Waals surface area contributed by atoms with Crippen molar-refractivity contribution in [1.29, 1.82) is 0 Å². The summed E-state index contributed by atoms with van der Waals surface area (Å²) in [6.45, 7) is 9.28. The summed E-state index contributed by atoms with van der Waals surface area (Å²) in [4.78, 5) is 9.85. The first-order chi connectivity index (χ1) is 11.3. The van der Waals surface area contributed by atoms with Crippen molar-refractivity contribution in [3.05, 3.63) is 30.1 Å². The van der Waals surface area contributed by atoms with E-state index in [1.807, 2.05) is 12.3 Å². The number of hydrogen-bond acceptors (Lipinski definition) is 4. The Morgan fingerprint density at radius 3 is 2.96 bits per heavy atom. The molecular formula is C19H29N3O. The fourth-order valence-electron chi connectivity index (χ4n) is 4.77. The molecule has 0 aromatic carbocycles. The summed E-state index contributed by atoms with van der Waals surface area (Å²) in [5.74, 6) is 0.776. The van der Waals surface area contributed by atoms with Gasteiger partial charge in [-0.25, -0.2) is 0 Å². The molecule has 0 radical (unpaired) electrons. The highest BCUT2D eigenvalue weighted by atomic mass is 16.5. The number of aromatic nitrogens is 1. The summed E-state index contributed by atoms with van der Waals surface area (Å²) in [5.41, 5.74) is 1.74. The molecule has 126 valence electrons. The van der Waals surface area contributed by atoms with Gasteiger partial charge in [-0.15, -0.1) is 0 Å². The lowest BCUT2D eigenvalue weighted by atomic mass is 9.79. The van der Waals surface area contributed by atoms with Gasteiger partial charge in [-0.05, 0) is 62.2 Å². The van der Waals surface area contributed by atoms with Crippen molar-refractivity contribution >= 4 is 0 Å². The molecule has 1 aromatic heterocycles. The van der Waals surface area contributed by atoms with Gasteiger partial charge in [-0.2, -0.15) is 0 Å². The summed E-state index contributed by atoms with van der Waals surface area (Å²) in [6, 6.07) is 6.26. The summed E-state index contributed by atoms with van der Waals surface area (Å²) >= 11 is 0. The minimum Gasteiger partial charge on any atom is -0.381 e. The monoisotopic (exact) mass is 315 g/mol. The Morgan fingerprint density at radius 2 is 2.13 bits per heavy atom. The van der Waals surface area contributed by atoms with Crippen LogP contribution in [0, 0.1) is 11.3 Å². The molecule has 4 heterocycles. The van der Waals surface area contributed by atoms with Crippen LogP contribution in [0.2, 0.25) is 0 Å². The molecule has 0 saturated carbocycles. The predicted molar refractivity (Wildman–Crippen MR) is 91.2 cm³/mol. The molecule has 3 aliphatic heterocycles. The zero-order valence-electron chi connectivity index (χ0n) is 14.1. The van der Waals surface area contributed by atoms with Crippen molar-refractivity contribution < 1.29 is 4.74 Å². The highest BCUT2D eigenvalue weighted by Crippen LogP contribution is 2.39. The molecule has 0 bridgehead atoms. The number of likely N-dealkylation sites (tertiary alicyclic amines) is 2. The maximum absolute atomic E-state index is 5.55. The van der Waals surface area contributed by atoms with Crippen molar-refractivity contribution in [3.8, 4) is 0 Å². The third-order valence-electron chi connectivity index (χ3n) is 5.91. The second-order valence-corrected chi connectivity index (χ2v) is 7.85. The van der Waals surface area contributed by atoms with Crippen molar-refractivity contribution in [2.45, 2.75) is 32.2 Å². The Morgan fingerprint density at radius 1 is 1.17 bits per heavy atom. The zero-order valence-corrected chi connectivity index (χ0v) is 14.1. The van der Waals surface area contributed by atoms with E-state index in [-0.39, 0.29) is 0 Å². The molecule has 3 aliphatic rings. The van der Waals surface area contributed by atoms with Gasteiger partial charge in [0.1, 0.15) is 0 Å². The largest absolute Gasteiger partial charge is 0.381 e. The molecule has 0 N–H and O–H groups in total. The lowest BCUT2D eigenvalue weighted by Gasteiger charge is -2.40. The predicted octanol–water partition coefficient (Wildman–Crippen LogP) is 2.41. The number of rotatable bonds is 4. The van der Waals surface area contributed by atoms with E-state index in [4.69, 9.17) is 4.74 Å². The van der Waals surface area contributed by atoms with Gasteiger partial charge in [0.05, 0.1) is 12.3 Å². The highest BCUT2D eigenvalue weighted by Gasteiger charge is 2.41. The second-order valence-electron chi connectivity index (χ2n) is 7.85. The van der Waals surface area contributed by atoms with E-state index in [0.29, 0.717) is 5.41 Å². The lowest BCUT2D eigenvalue weighted by Crippen LogP contribution is -2.44. The van der Waals surface area contributed by atoms with E-state index in [1.54, 1.807) is 0 Å². The van der Waals surface area contributed by atoms with E-state index in [0.717, 1.165) is 25.7 Å². The SMILES string of the molecule is c1ccc(CN2CCC[C@]3(CCN(C[C@H]4CCOC4)C3)C2)nc1. The van der Waals surface area contributed by atoms with Crippen molar-refractivity contribution in [3.63, 3.8) is 0 Å².